The first-order valence-corrected chi connectivity index (χ1v) is 7.53. The van der Waals surface area contributed by atoms with Crippen molar-refractivity contribution in [1.29, 1.82) is 0 Å². The number of anilines is 1. The van der Waals surface area contributed by atoms with E-state index in [1.165, 1.54) is 11.8 Å². The van der Waals surface area contributed by atoms with E-state index in [0.717, 1.165) is 5.52 Å². The molecule has 1 aromatic carbocycles. The molecule has 0 fully saturated rings. The van der Waals surface area contributed by atoms with E-state index in [1.54, 1.807) is 18.2 Å². The number of hydrogen-bond donors (Lipinski definition) is 4. The predicted octanol–water partition coefficient (Wildman–Crippen LogP) is 0.987. The number of thioether (sulfide) groups is 1. The standard InChI is InChI=1S/C13H18N4O2S/c1-7(11(6-18)20-2)15-13(19)12-9-5-8(14)3-4-10(9)16-17-12/h3-5,7,11,18H,6,14H2,1-2H3,(H,15,19)(H,16,17). The van der Waals surface area contributed by atoms with Gasteiger partial charge in [0.25, 0.3) is 5.91 Å². The fourth-order valence-electron chi connectivity index (χ4n) is 2.01. The molecule has 0 spiro atoms. The van der Waals surface area contributed by atoms with E-state index in [1.807, 2.05) is 13.2 Å². The number of aromatic amines is 1. The van der Waals surface area contributed by atoms with Crippen LogP contribution in [0.1, 0.15) is 17.4 Å². The van der Waals surface area contributed by atoms with Crippen LogP contribution in [0.15, 0.2) is 18.2 Å². The molecular weight excluding hydrogens is 276 g/mol. The first-order chi connectivity index (χ1) is 9.56. The normalized spacial score (nSPS) is 14.2. The van der Waals surface area contributed by atoms with Gasteiger partial charge in [-0.25, -0.2) is 0 Å². The van der Waals surface area contributed by atoms with Gasteiger partial charge in [-0.3, -0.25) is 9.89 Å². The maximum Gasteiger partial charge on any atom is 0.272 e. The highest BCUT2D eigenvalue weighted by Gasteiger charge is 2.21. The van der Waals surface area contributed by atoms with Gasteiger partial charge in [-0.2, -0.15) is 16.9 Å². The second-order valence-corrected chi connectivity index (χ2v) is 5.67. The number of nitrogens with zero attached hydrogens (tertiary/aromatic N) is 1. The zero-order chi connectivity index (χ0) is 14.7. The quantitative estimate of drug-likeness (QED) is 0.616. The Morgan fingerprint density at radius 2 is 2.35 bits per heavy atom. The summed E-state index contributed by atoms with van der Waals surface area (Å²) < 4.78 is 0. The Morgan fingerprint density at radius 3 is 3.00 bits per heavy atom. The van der Waals surface area contributed by atoms with Gasteiger partial charge in [0.15, 0.2) is 5.69 Å². The third kappa shape index (κ3) is 2.88. The molecule has 0 aliphatic heterocycles. The molecule has 2 aromatic rings. The van der Waals surface area contributed by atoms with Crippen molar-refractivity contribution in [1.82, 2.24) is 15.5 Å². The molecule has 7 heteroatoms. The lowest BCUT2D eigenvalue weighted by atomic mass is 10.1. The number of hydrogen-bond acceptors (Lipinski definition) is 5. The molecule has 5 N–H and O–H groups in total. The minimum absolute atomic E-state index is 0.0108. The highest BCUT2D eigenvalue weighted by atomic mass is 32.2. The zero-order valence-corrected chi connectivity index (χ0v) is 12.2. The number of carbonyl (C=O) groups excluding carboxylic acids is 1. The van der Waals surface area contributed by atoms with E-state index in [9.17, 15) is 9.90 Å². The number of nitrogen functional groups attached to an aromatic ring is 1. The predicted molar refractivity (Wildman–Crippen MR) is 81.8 cm³/mol. The molecule has 108 valence electrons. The van der Waals surface area contributed by atoms with E-state index in [2.05, 4.69) is 15.5 Å². The summed E-state index contributed by atoms with van der Waals surface area (Å²) in [5.41, 5.74) is 7.40. The lowest BCUT2D eigenvalue weighted by Gasteiger charge is -2.20. The van der Waals surface area contributed by atoms with E-state index in [-0.39, 0.29) is 23.8 Å². The minimum Gasteiger partial charge on any atom is -0.399 e. The number of H-pyrrole nitrogens is 1. The van der Waals surface area contributed by atoms with Crippen LogP contribution in [-0.4, -0.2) is 45.4 Å². The van der Waals surface area contributed by atoms with Crippen molar-refractivity contribution in [3.8, 4) is 0 Å². The van der Waals surface area contributed by atoms with E-state index >= 15 is 0 Å². The van der Waals surface area contributed by atoms with Crippen LogP contribution in [0.4, 0.5) is 5.69 Å². The Morgan fingerprint density at radius 1 is 1.60 bits per heavy atom. The van der Waals surface area contributed by atoms with E-state index in [4.69, 9.17) is 5.73 Å². The summed E-state index contributed by atoms with van der Waals surface area (Å²) in [5, 5.41) is 19.6. The summed E-state index contributed by atoms with van der Waals surface area (Å²) in [7, 11) is 0. The van der Waals surface area contributed by atoms with Crippen LogP contribution in [0, 0.1) is 0 Å². The first kappa shape index (κ1) is 14.7. The summed E-state index contributed by atoms with van der Waals surface area (Å²) in [6, 6.07) is 5.10. The van der Waals surface area contributed by atoms with Crippen LogP contribution in [0.3, 0.4) is 0 Å². The van der Waals surface area contributed by atoms with Crippen molar-refractivity contribution in [3.63, 3.8) is 0 Å². The maximum atomic E-state index is 12.3. The molecular formula is C13H18N4O2S. The van der Waals surface area contributed by atoms with Crippen molar-refractivity contribution in [3.05, 3.63) is 23.9 Å². The topological polar surface area (TPSA) is 104 Å². The Bertz CT molecular complexity index is 609. The van der Waals surface area contributed by atoms with Crippen LogP contribution in [-0.2, 0) is 0 Å². The van der Waals surface area contributed by atoms with Gasteiger partial charge in [-0.05, 0) is 31.4 Å². The van der Waals surface area contributed by atoms with Gasteiger partial charge >= 0.3 is 0 Å². The molecule has 0 saturated carbocycles. The first-order valence-electron chi connectivity index (χ1n) is 6.25. The molecule has 0 bridgehead atoms. The molecule has 1 aromatic heterocycles. The lowest BCUT2D eigenvalue weighted by Crippen LogP contribution is -2.41. The number of aromatic nitrogens is 2. The van der Waals surface area contributed by atoms with Crippen molar-refractivity contribution < 1.29 is 9.90 Å². The number of nitrogens with one attached hydrogen (secondary N) is 2. The third-order valence-corrected chi connectivity index (χ3v) is 4.36. The fraction of sp³-hybridized carbons (Fsp3) is 0.385. The number of aliphatic hydroxyl groups is 1. The number of nitrogens with two attached hydrogens (primary N) is 1. The van der Waals surface area contributed by atoms with E-state index in [0.29, 0.717) is 16.8 Å². The molecule has 1 amide bonds. The average molecular weight is 294 g/mol. The van der Waals surface area contributed by atoms with Crippen molar-refractivity contribution in [2.75, 3.05) is 18.6 Å². The molecule has 0 aliphatic carbocycles. The van der Waals surface area contributed by atoms with Crippen molar-refractivity contribution in [2.45, 2.75) is 18.2 Å². The monoisotopic (exact) mass is 294 g/mol. The van der Waals surface area contributed by atoms with Crippen molar-refractivity contribution in [2.24, 2.45) is 0 Å². The minimum atomic E-state index is -0.276. The summed E-state index contributed by atoms with van der Waals surface area (Å²) in [6.07, 6.45) is 1.90. The third-order valence-electron chi connectivity index (χ3n) is 3.20. The van der Waals surface area contributed by atoms with Gasteiger partial charge in [0.2, 0.25) is 0 Å². The SMILES string of the molecule is CSC(CO)C(C)NC(=O)c1n[nH]c2ccc(N)cc12. The van der Waals surface area contributed by atoms with Crippen LogP contribution >= 0.6 is 11.8 Å². The highest BCUT2D eigenvalue weighted by molar-refractivity contribution is 7.99. The number of rotatable bonds is 5. The Hall–Kier alpha value is -1.73. The second kappa shape index (κ2) is 6.15. The molecule has 20 heavy (non-hydrogen) atoms. The number of carbonyl (C=O) groups is 1. The second-order valence-electron chi connectivity index (χ2n) is 4.60. The van der Waals surface area contributed by atoms with Crippen LogP contribution in [0.25, 0.3) is 10.9 Å². The molecule has 6 nitrogen and oxygen atoms in total. The van der Waals surface area contributed by atoms with Gasteiger partial charge < -0.3 is 16.2 Å². The molecule has 2 rings (SSSR count). The highest BCUT2D eigenvalue weighted by Crippen LogP contribution is 2.19. The van der Waals surface area contributed by atoms with Crippen LogP contribution in [0.2, 0.25) is 0 Å². The summed E-state index contributed by atoms with van der Waals surface area (Å²) in [4.78, 5) is 12.3. The van der Waals surface area contributed by atoms with Crippen LogP contribution < -0.4 is 11.1 Å². The Labute approximate surface area is 121 Å². The summed E-state index contributed by atoms with van der Waals surface area (Å²) in [5.74, 6) is -0.276. The van der Waals surface area contributed by atoms with Crippen molar-refractivity contribution >= 4 is 34.3 Å². The number of aliphatic hydroxyl groups excluding tert-OH is 1. The summed E-state index contributed by atoms with van der Waals surface area (Å²) in [6.45, 7) is 1.87. The molecule has 0 radical (unpaired) electrons. The summed E-state index contributed by atoms with van der Waals surface area (Å²) >= 11 is 1.51. The maximum absolute atomic E-state index is 12.3. The lowest BCUT2D eigenvalue weighted by molar-refractivity contribution is 0.0932. The zero-order valence-electron chi connectivity index (χ0n) is 11.4. The van der Waals surface area contributed by atoms with Gasteiger partial charge in [-0.15, -0.1) is 0 Å². The van der Waals surface area contributed by atoms with E-state index < -0.39 is 0 Å². The van der Waals surface area contributed by atoms with Gasteiger partial charge in [-0.1, -0.05) is 0 Å². The fourth-order valence-corrected chi connectivity index (χ4v) is 2.63. The van der Waals surface area contributed by atoms with Gasteiger partial charge in [0.1, 0.15) is 0 Å². The molecule has 1 heterocycles. The number of amides is 1. The van der Waals surface area contributed by atoms with Gasteiger partial charge in [0, 0.05) is 22.4 Å². The molecule has 2 atom stereocenters. The Balaban J connectivity index is 2.21. The average Bonchev–Trinajstić information content (AvgIpc) is 2.82. The number of fused-ring (bicyclic) bond motifs is 1. The largest absolute Gasteiger partial charge is 0.399 e. The van der Waals surface area contributed by atoms with Crippen LogP contribution in [0.5, 0.6) is 0 Å². The molecule has 0 saturated heterocycles. The molecule has 2 unspecified atom stereocenters. The molecule has 0 aliphatic rings. The smallest absolute Gasteiger partial charge is 0.272 e. The number of benzene rings is 1. The van der Waals surface area contributed by atoms with Gasteiger partial charge in [0.05, 0.1) is 12.1 Å². The Kier molecular flexibility index (Phi) is 4.51.